The van der Waals surface area contributed by atoms with Crippen molar-refractivity contribution in [3.05, 3.63) is 74.5 Å². The van der Waals surface area contributed by atoms with Gasteiger partial charge in [-0.05, 0) is 53.6 Å². The van der Waals surface area contributed by atoms with E-state index in [1.165, 1.54) is 45.9 Å². The molecule has 50 heavy (non-hydrogen) atoms. The molecule has 10 nitrogen and oxygen atoms in total. The van der Waals surface area contributed by atoms with Crippen LogP contribution in [0.5, 0.6) is 0 Å². The Hall–Kier alpha value is -2.61. The molecule has 1 N–H and O–H groups in total. The smallest absolute Gasteiger partial charge is 0.244 e. The van der Waals surface area contributed by atoms with Crippen LogP contribution in [0.2, 0.25) is 10.0 Å². The van der Waals surface area contributed by atoms with Gasteiger partial charge in [-0.1, -0.05) is 90.7 Å². The van der Waals surface area contributed by atoms with E-state index in [0.29, 0.717) is 23.8 Å². The molecular formula is C36H52Cl2N4O6S2. The summed E-state index contributed by atoms with van der Waals surface area (Å²) in [5, 5.41) is 7.95. The fourth-order valence-electron chi connectivity index (χ4n) is 5.26. The largest absolute Gasteiger partial charge is 0.299 e. The molecule has 0 bridgehead atoms. The van der Waals surface area contributed by atoms with Crippen LogP contribution in [0.25, 0.3) is 0 Å². The monoisotopic (exact) mass is 770 g/mol. The lowest BCUT2D eigenvalue weighted by Crippen LogP contribution is -2.32. The summed E-state index contributed by atoms with van der Waals surface area (Å²) in [5.41, 5.74) is 4.96. The van der Waals surface area contributed by atoms with Crippen LogP contribution >= 0.6 is 23.2 Å². The van der Waals surface area contributed by atoms with Gasteiger partial charge in [0.25, 0.3) is 0 Å². The summed E-state index contributed by atoms with van der Waals surface area (Å²) in [7, 11) is -1.34. The standard InChI is InChI=1S/C18H26ClN3O2S.C18H26ClNO4S/c1-11(2)17-14(18(12(3)4)21-20-17)9-13-7-8-16(15(19)10-13)25(23,24)22(5)6;1-11(2)17(21)14(18(22)12(3)4)9-13-7-8-16(15(19)10-13)25(23,24)20(5)6/h7-8,10-12H,9H2,1-6H3,(H,20,21);7-8,10-12,14H,9H2,1-6H3. The van der Waals surface area contributed by atoms with Crippen LogP contribution in [0.3, 0.4) is 0 Å². The number of aromatic nitrogens is 2. The molecule has 0 amide bonds. The molecular weight excluding hydrogens is 719 g/mol. The topological polar surface area (TPSA) is 138 Å². The lowest BCUT2D eigenvalue weighted by atomic mass is 9.83. The highest BCUT2D eigenvalue weighted by atomic mass is 35.5. The fourth-order valence-corrected chi connectivity index (χ4v) is 8.13. The summed E-state index contributed by atoms with van der Waals surface area (Å²) in [5.74, 6) is -0.832. The van der Waals surface area contributed by atoms with Crippen LogP contribution in [-0.4, -0.2) is 75.4 Å². The van der Waals surface area contributed by atoms with Gasteiger partial charge >= 0.3 is 0 Å². The van der Waals surface area contributed by atoms with E-state index in [2.05, 4.69) is 37.9 Å². The minimum atomic E-state index is -3.64. The molecule has 3 rings (SSSR count). The molecule has 3 aromatic rings. The summed E-state index contributed by atoms with van der Waals surface area (Å²) in [6.45, 7) is 15.5. The number of nitrogens with one attached hydrogen (secondary N) is 1. The maximum atomic E-state index is 12.4. The van der Waals surface area contributed by atoms with E-state index in [1.54, 1.807) is 45.9 Å². The number of ketones is 2. The molecule has 0 unspecified atom stereocenters. The number of carbonyl (C=O) groups excluding carboxylic acids is 2. The van der Waals surface area contributed by atoms with Crippen LogP contribution in [0.1, 0.15) is 95.3 Å². The molecule has 0 aliphatic carbocycles. The Balaban J connectivity index is 0.000000347. The summed E-state index contributed by atoms with van der Waals surface area (Å²) in [6, 6.07) is 9.69. The Bertz CT molecular complexity index is 1840. The first kappa shape index (κ1) is 43.6. The van der Waals surface area contributed by atoms with Crippen LogP contribution < -0.4 is 0 Å². The van der Waals surface area contributed by atoms with Gasteiger partial charge in [0.2, 0.25) is 20.0 Å². The van der Waals surface area contributed by atoms with E-state index in [-0.39, 0.29) is 49.7 Å². The number of H-pyrrole nitrogens is 1. The zero-order valence-electron chi connectivity index (χ0n) is 31.1. The van der Waals surface area contributed by atoms with Gasteiger partial charge in [0, 0.05) is 57.7 Å². The quantitative estimate of drug-likeness (QED) is 0.169. The summed E-state index contributed by atoms with van der Waals surface area (Å²) in [6.07, 6.45) is 0.885. The number of carbonyl (C=O) groups is 2. The van der Waals surface area contributed by atoms with Crippen molar-refractivity contribution in [2.75, 3.05) is 28.2 Å². The number of Topliss-reactive ketones (excluding diaryl/α,β-unsaturated/α-hetero) is 2. The van der Waals surface area contributed by atoms with Crippen molar-refractivity contribution in [3.8, 4) is 0 Å². The lowest BCUT2D eigenvalue weighted by molar-refractivity contribution is -0.136. The average Bonchev–Trinajstić information content (AvgIpc) is 3.43. The zero-order valence-corrected chi connectivity index (χ0v) is 34.3. The van der Waals surface area contributed by atoms with Crippen LogP contribution in [0, 0.1) is 17.8 Å². The van der Waals surface area contributed by atoms with Crippen molar-refractivity contribution >= 4 is 54.8 Å². The highest BCUT2D eigenvalue weighted by molar-refractivity contribution is 7.89. The van der Waals surface area contributed by atoms with Crippen LogP contribution in [0.15, 0.2) is 46.2 Å². The minimum Gasteiger partial charge on any atom is -0.299 e. The first-order valence-corrected chi connectivity index (χ1v) is 20.1. The molecule has 2 aromatic carbocycles. The van der Waals surface area contributed by atoms with E-state index in [4.69, 9.17) is 23.2 Å². The molecule has 0 aliphatic rings. The van der Waals surface area contributed by atoms with Crippen molar-refractivity contribution in [1.82, 2.24) is 18.8 Å². The maximum absolute atomic E-state index is 12.4. The second kappa shape index (κ2) is 17.7. The molecule has 0 atom stereocenters. The Morgan fingerprint density at radius 1 is 0.700 bits per heavy atom. The molecule has 1 aromatic heterocycles. The average molecular weight is 772 g/mol. The maximum Gasteiger partial charge on any atom is 0.244 e. The van der Waals surface area contributed by atoms with Gasteiger partial charge in [0.15, 0.2) is 0 Å². The van der Waals surface area contributed by atoms with Gasteiger partial charge in [-0.3, -0.25) is 14.7 Å². The summed E-state index contributed by atoms with van der Waals surface area (Å²) < 4.78 is 51.3. The van der Waals surface area contributed by atoms with Crippen LogP contribution in [0.4, 0.5) is 0 Å². The highest BCUT2D eigenvalue weighted by Gasteiger charge is 2.31. The molecule has 1 heterocycles. The SMILES string of the molecule is CC(C)C(=O)C(Cc1ccc(S(=O)(=O)N(C)C)c(Cl)c1)C(=O)C(C)C.CC(C)c1n[nH]c(C(C)C)c1Cc1ccc(S(=O)(=O)N(C)C)c(Cl)c1. The number of hydrogen-bond acceptors (Lipinski definition) is 7. The van der Waals surface area contributed by atoms with Crippen molar-refractivity contribution in [3.63, 3.8) is 0 Å². The van der Waals surface area contributed by atoms with Gasteiger partial charge in [-0.15, -0.1) is 0 Å². The predicted octanol–water partition coefficient (Wildman–Crippen LogP) is 7.35. The third-order valence-corrected chi connectivity index (χ3v) is 12.8. The molecule has 0 radical (unpaired) electrons. The minimum absolute atomic E-state index is 0.00448. The van der Waals surface area contributed by atoms with E-state index < -0.39 is 26.0 Å². The summed E-state index contributed by atoms with van der Waals surface area (Å²) >= 11 is 12.4. The molecule has 0 fully saturated rings. The Kier molecular flexibility index (Phi) is 15.5. The van der Waals surface area contributed by atoms with Gasteiger partial charge in [0.1, 0.15) is 21.4 Å². The second-order valence-corrected chi connectivity index (χ2v) is 19.0. The summed E-state index contributed by atoms with van der Waals surface area (Å²) in [4.78, 5) is 25.0. The Morgan fingerprint density at radius 2 is 1.12 bits per heavy atom. The number of sulfonamides is 2. The number of hydrogen-bond donors (Lipinski definition) is 1. The van der Waals surface area contributed by atoms with E-state index in [9.17, 15) is 26.4 Å². The first-order valence-electron chi connectivity index (χ1n) is 16.5. The van der Waals surface area contributed by atoms with E-state index in [1.807, 2.05) is 6.07 Å². The van der Waals surface area contributed by atoms with E-state index in [0.717, 1.165) is 25.6 Å². The third-order valence-electron chi connectivity index (χ3n) is 8.21. The highest BCUT2D eigenvalue weighted by Crippen LogP contribution is 2.31. The Morgan fingerprint density at radius 3 is 1.48 bits per heavy atom. The van der Waals surface area contributed by atoms with Crippen LogP contribution in [-0.2, 0) is 42.5 Å². The number of rotatable bonds is 14. The zero-order chi connectivity index (χ0) is 38.5. The normalized spacial score (nSPS) is 12.5. The molecule has 278 valence electrons. The number of halogens is 2. The molecule has 0 saturated carbocycles. The van der Waals surface area contributed by atoms with Crippen molar-refractivity contribution < 1.29 is 26.4 Å². The first-order chi connectivity index (χ1) is 22.9. The van der Waals surface area contributed by atoms with Gasteiger partial charge in [-0.25, -0.2) is 25.4 Å². The molecule has 0 aliphatic heterocycles. The fraction of sp³-hybridized carbons (Fsp3) is 0.528. The number of nitrogens with zero attached hydrogens (tertiary/aromatic N) is 3. The van der Waals surface area contributed by atoms with Gasteiger partial charge in [-0.2, -0.15) is 5.10 Å². The number of aromatic amines is 1. The Labute approximate surface area is 309 Å². The lowest BCUT2D eigenvalue weighted by Gasteiger charge is -2.19. The third kappa shape index (κ3) is 10.5. The molecule has 0 spiro atoms. The molecule has 0 saturated heterocycles. The van der Waals surface area contributed by atoms with Crippen molar-refractivity contribution in [2.45, 2.75) is 89.9 Å². The van der Waals surface area contributed by atoms with E-state index >= 15 is 0 Å². The van der Waals surface area contributed by atoms with Gasteiger partial charge in [0.05, 0.1) is 21.7 Å². The second-order valence-electron chi connectivity index (χ2n) is 14.0. The van der Waals surface area contributed by atoms with Crippen molar-refractivity contribution in [2.24, 2.45) is 17.8 Å². The number of benzene rings is 2. The predicted molar refractivity (Wildman–Crippen MR) is 201 cm³/mol. The van der Waals surface area contributed by atoms with Crippen molar-refractivity contribution in [1.29, 1.82) is 0 Å². The molecule has 14 heteroatoms. The van der Waals surface area contributed by atoms with Gasteiger partial charge < -0.3 is 0 Å².